The van der Waals surface area contributed by atoms with E-state index in [9.17, 15) is 4.79 Å². The molecule has 3 rings (SSSR count). The molecular weight excluding hydrogens is 252 g/mol. The molecule has 2 aliphatic heterocycles. The molecule has 0 N–H and O–H groups in total. The van der Waals surface area contributed by atoms with E-state index in [1.807, 2.05) is 12.1 Å². The quantitative estimate of drug-likeness (QED) is 0.795. The average molecular weight is 274 g/mol. The summed E-state index contributed by atoms with van der Waals surface area (Å²) in [6.45, 7) is 4.20. The van der Waals surface area contributed by atoms with Crippen LogP contribution in [0.15, 0.2) is 24.3 Å². The third kappa shape index (κ3) is 2.65. The van der Waals surface area contributed by atoms with Crippen molar-refractivity contribution in [2.45, 2.75) is 38.2 Å². The minimum atomic E-state index is -0.193. The molecule has 2 fully saturated rings. The Kier molecular flexibility index (Phi) is 3.90. The second kappa shape index (κ2) is 5.66. The van der Waals surface area contributed by atoms with Gasteiger partial charge in [0, 0.05) is 31.1 Å². The number of ketones is 1. The van der Waals surface area contributed by atoms with Crippen molar-refractivity contribution in [3.8, 4) is 0 Å². The van der Waals surface area contributed by atoms with Gasteiger partial charge in [0.05, 0.1) is 12.2 Å². The second-order valence-electron chi connectivity index (χ2n) is 5.94. The van der Waals surface area contributed by atoms with E-state index in [1.165, 1.54) is 5.56 Å². The molecule has 1 spiro atoms. The van der Waals surface area contributed by atoms with E-state index in [0.29, 0.717) is 13.2 Å². The Morgan fingerprint density at radius 2 is 2.10 bits per heavy atom. The van der Waals surface area contributed by atoms with Crippen LogP contribution in [0.1, 0.15) is 42.1 Å². The molecule has 2 unspecified atom stereocenters. The lowest BCUT2D eigenvalue weighted by atomic mass is 9.81. The van der Waals surface area contributed by atoms with Gasteiger partial charge in [-0.25, -0.2) is 0 Å². The van der Waals surface area contributed by atoms with Crippen LogP contribution >= 0.6 is 0 Å². The van der Waals surface area contributed by atoms with Gasteiger partial charge >= 0.3 is 0 Å². The number of hydrogen-bond donors (Lipinski definition) is 0. The third-order valence-corrected chi connectivity index (χ3v) is 4.58. The summed E-state index contributed by atoms with van der Waals surface area (Å²) in [6.07, 6.45) is 3.56. The molecule has 2 saturated heterocycles. The highest BCUT2D eigenvalue weighted by Crippen LogP contribution is 2.37. The minimum Gasteiger partial charge on any atom is -0.378 e. The summed E-state index contributed by atoms with van der Waals surface area (Å²) in [4.78, 5) is 12.6. The first-order valence-corrected chi connectivity index (χ1v) is 7.57. The van der Waals surface area contributed by atoms with Crippen molar-refractivity contribution in [2.75, 3.05) is 19.8 Å². The maximum Gasteiger partial charge on any atom is 0.166 e. The summed E-state index contributed by atoms with van der Waals surface area (Å²) in [7, 11) is 0. The van der Waals surface area contributed by atoms with E-state index in [0.717, 1.165) is 37.9 Å². The molecule has 2 heterocycles. The molecule has 2 atom stereocenters. The molecule has 0 aliphatic carbocycles. The number of Topliss-reactive ketones (excluding diaryl/α,β-unsaturated/α-hetero) is 1. The van der Waals surface area contributed by atoms with Crippen LogP contribution in [0.5, 0.6) is 0 Å². The van der Waals surface area contributed by atoms with Crippen molar-refractivity contribution in [3.63, 3.8) is 0 Å². The molecule has 0 radical (unpaired) electrons. The molecule has 20 heavy (non-hydrogen) atoms. The van der Waals surface area contributed by atoms with Crippen LogP contribution in [0, 0.1) is 5.92 Å². The van der Waals surface area contributed by atoms with Crippen molar-refractivity contribution in [3.05, 3.63) is 35.4 Å². The molecule has 0 saturated carbocycles. The number of carbonyl (C=O) groups excluding carboxylic acids is 1. The van der Waals surface area contributed by atoms with Gasteiger partial charge in [-0.2, -0.15) is 0 Å². The van der Waals surface area contributed by atoms with Crippen molar-refractivity contribution in [2.24, 2.45) is 5.92 Å². The van der Waals surface area contributed by atoms with Gasteiger partial charge in [-0.05, 0) is 24.8 Å². The van der Waals surface area contributed by atoms with E-state index >= 15 is 0 Å². The number of rotatable bonds is 3. The van der Waals surface area contributed by atoms with Gasteiger partial charge in [-0.1, -0.05) is 31.2 Å². The Morgan fingerprint density at radius 3 is 2.75 bits per heavy atom. The highest BCUT2D eigenvalue weighted by Gasteiger charge is 2.42. The van der Waals surface area contributed by atoms with Gasteiger partial charge in [0.15, 0.2) is 5.78 Å². The molecular formula is C17H22O3. The molecule has 1 aromatic rings. The number of ether oxygens (including phenoxy) is 2. The third-order valence-electron chi connectivity index (χ3n) is 4.58. The zero-order valence-electron chi connectivity index (χ0n) is 12.1. The predicted octanol–water partition coefficient (Wildman–Crippen LogP) is 3.02. The predicted molar refractivity (Wildman–Crippen MR) is 77.0 cm³/mol. The van der Waals surface area contributed by atoms with Gasteiger partial charge < -0.3 is 9.47 Å². The van der Waals surface area contributed by atoms with Gasteiger partial charge in [-0.15, -0.1) is 0 Å². The fourth-order valence-corrected chi connectivity index (χ4v) is 3.26. The second-order valence-corrected chi connectivity index (χ2v) is 5.94. The van der Waals surface area contributed by atoms with Crippen LogP contribution in [-0.2, 0) is 15.9 Å². The molecule has 1 aromatic carbocycles. The van der Waals surface area contributed by atoms with E-state index < -0.39 is 0 Å². The Hall–Kier alpha value is -1.19. The standard InChI is InChI=1S/C17H22O3/c1-2-13-3-5-14(6-4-13)16(18)15-7-9-20-17(11-15)8-10-19-12-17/h3-6,15H,2,7-12H2,1H3. The van der Waals surface area contributed by atoms with Gasteiger partial charge in [-0.3, -0.25) is 4.79 Å². The summed E-state index contributed by atoms with van der Waals surface area (Å²) in [5, 5.41) is 0. The first-order valence-electron chi connectivity index (χ1n) is 7.57. The summed E-state index contributed by atoms with van der Waals surface area (Å²) in [5.41, 5.74) is 1.92. The van der Waals surface area contributed by atoms with Crippen molar-refractivity contribution in [1.29, 1.82) is 0 Å². The van der Waals surface area contributed by atoms with Gasteiger partial charge in [0.2, 0.25) is 0 Å². The Balaban J connectivity index is 1.72. The van der Waals surface area contributed by atoms with Crippen LogP contribution in [0.25, 0.3) is 0 Å². The lowest BCUT2D eigenvalue weighted by Crippen LogP contribution is -2.42. The number of benzene rings is 1. The Bertz CT molecular complexity index is 472. The molecule has 0 aromatic heterocycles. The van der Waals surface area contributed by atoms with Crippen LogP contribution in [0.2, 0.25) is 0 Å². The molecule has 2 aliphatic rings. The maximum atomic E-state index is 12.6. The largest absolute Gasteiger partial charge is 0.378 e. The smallest absolute Gasteiger partial charge is 0.166 e. The van der Waals surface area contributed by atoms with Crippen LogP contribution in [0.3, 0.4) is 0 Å². The monoisotopic (exact) mass is 274 g/mol. The first-order chi connectivity index (χ1) is 9.72. The number of aryl methyl sites for hydroxylation is 1. The van der Waals surface area contributed by atoms with Crippen molar-refractivity contribution in [1.82, 2.24) is 0 Å². The van der Waals surface area contributed by atoms with E-state index in [4.69, 9.17) is 9.47 Å². The fraction of sp³-hybridized carbons (Fsp3) is 0.588. The lowest BCUT2D eigenvalue weighted by Gasteiger charge is -2.36. The first kappa shape index (κ1) is 13.8. The van der Waals surface area contributed by atoms with E-state index in [1.54, 1.807) is 0 Å². The van der Waals surface area contributed by atoms with Crippen LogP contribution < -0.4 is 0 Å². The Labute approximate surface area is 120 Å². The van der Waals surface area contributed by atoms with Gasteiger partial charge in [0.1, 0.15) is 0 Å². The lowest BCUT2D eigenvalue weighted by molar-refractivity contribution is -0.0920. The van der Waals surface area contributed by atoms with Crippen LogP contribution in [0.4, 0.5) is 0 Å². The van der Waals surface area contributed by atoms with Crippen LogP contribution in [-0.4, -0.2) is 31.2 Å². The summed E-state index contributed by atoms with van der Waals surface area (Å²) >= 11 is 0. The SMILES string of the molecule is CCc1ccc(C(=O)C2CCOC3(CCOC3)C2)cc1. The Morgan fingerprint density at radius 1 is 1.30 bits per heavy atom. The molecule has 108 valence electrons. The van der Waals surface area contributed by atoms with Crippen molar-refractivity contribution >= 4 is 5.78 Å². The molecule has 3 heteroatoms. The minimum absolute atomic E-state index is 0.0814. The van der Waals surface area contributed by atoms with E-state index in [2.05, 4.69) is 19.1 Å². The molecule has 0 bridgehead atoms. The topological polar surface area (TPSA) is 35.5 Å². The van der Waals surface area contributed by atoms with Crippen molar-refractivity contribution < 1.29 is 14.3 Å². The van der Waals surface area contributed by atoms with E-state index in [-0.39, 0.29) is 17.3 Å². The fourth-order valence-electron chi connectivity index (χ4n) is 3.26. The summed E-state index contributed by atoms with van der Waals surface area (Å²) in [6, 6.07) is 8.05. The summed E-state index contributed by atoms with van der Waals surface area (Å²) in [5.74, 6) is 0.347. The van der Waals surface area contributed by atoms with Gasteiger partial charge in [0.25, 0.3) is 0 Å². The maximum absolute atomic E-state index is 12.6. The molecule has 3 nitrogen and oxygen atoms in total. The number of carbonyl (C=O) groups is 1. The normalized spacial score (nSPS) is 29.8. The zero-order chi connectivity index (χ0) is 14.0. The number of hydrogen-bond acceptors (Lipinski definition) is 3. The highest BCUT2D eigenvalue weighted by atomic mass is 16.6. The zero-order valence-corrected chi connectivity index (χ0v) is 12.1. The summed E-state index contributed by atoms with van der Waals surface area (Å²) < 4.78 is 11.4. The molecule has 0 amide bonds. The average Bonchev–Trinajstić information content (AvgIpc) is 2.94. The highest BCUT2D eigenvalue weighted by molar-refractivity contribution is 5.98.